The van der Waals surface area contributed by atoms with Gasteiger partial charge >= 0.3 is 0 Å². The van der Waals surface area contributed by atoms with Crippen molar-refractivity contribution in [3.05, 3.63) is 0 Å². The molecular formula is C9H18N2. The molecule has 0 radical (unpaired) electrons. The van der Waals surface area contributed by atoms with E-state index in [1.165, 1.54) is 39.0 Å². The van der Waals surface area contributed by atoms with Gasteiger partial charge in [-0.05, 0) is 25.3 Å². The molecule has 2 nitrogen and oxygen atoms in total. The molecule has 2 fully saturated rings. The number of rotatable bonds is 0. The summed E-state index contributed by atoms with van der Waals surface area (Å²) in [4.78, 5) is 2.65. The Morgan fingerprint density at radius 1 is 1.36 bits per heavy atom. The summed E-state index contributed by atoms with van der Waals surface area (Å²) < 4.78 is 0. The van der Waals surface area contributed by atoms with Crippen molar-refractivity contribution in [2.45, 2.75) is 25.8 Å². The van der Waals surface area contributed by atoms with Crippen molar-refractivity contribution in [1.82, 2.24) is 10.2 Å². The number of piperidine rings is 1. The van der Waals surface area contributed by atoms with Crippen LogP contribution in [0.5, 0.6) is 0 Å². The summed E-state index contributed by atoms with van der Waals surface area (Å²) in [6.07, 6.45) is 2.82. The van der Waals surface area contributed by atoms with Crippen LogP contribution in [-0.2, 0) is 0 Å². The average molecular weight is 154 g/mol. The molecule has 1 N–H and O–H groups in total. The third-order valence-electron chi connectivity index (χ3n) is 3.06. The fourth-order valence-electron chi connectivity index (χ4n) is 2.30. The zero-order valence-corrected chi connectivity index (χ0v) is 7.34. The van der Waals surface area contributed by atoms with Gasteiger partial charge in [-0.1, -0.05) is 6.92 Å². The summed E-state index contributed by atoms with van der Waals surface area (Å²) in [5.74, 6) is 0.955. The van der Waals surface area contributed by atoms with Crippen LogP contribution in [0.3, 0.4) is 0 Å². The Hall–Kier alpha value is -0.0800. The van der Waals surface area contributed by atoms with Crippen molar-refractivity contribution in [2.75, 3.05) is 26.2 Å². The lowest BCUT2D eigenvalue weighted by Crippen LogP contribution is -2.54. The second-order valence-electron chi connectivity index (χ2n) is 4.02. The zero-order chi connectivity index (χ0) is 7.68. The molecular weight excluding hydrogens is 136 g/mol. The van der Waals surface area contributed by atoms with Crippen LogP contribution in [0.4, 0.5) is 0 Å². The van der Waals surface area contributed by atoms with E-state index in [4.69, 9.17) is 0 Å². The summed E-state index contributed by atoms with van der Waals surface area (Å²) in [7, 11) is 0. The van der Waals surface area contributed by atoms with Gasteiger partial charge in [-0.3, -0.25) is 4.90 Å². The molecule has 2 heterocycles. The van der Waals surface area contributed by atoms with E-state index in [1.807, 2.05) is 0 Å². The van der Waals surface area contributed by atoms with Crippen LogP contribution >= 0.6 is 0 Å². The molecule has 2 aliphatic rings. The van der Waals surface area contributed by atoms with E-state index in [0.29, 0.717) is 0 Å². The molecule has 0 aromatic carbocycles. The molecule has 0 aliphatic carbocycles. The second kappa shape index (κ2) is 3.11. The second-order valence-corrected chi connectivity index (χ2v) is 4.02. The molecule has 2 unspecified atom stereocenters. The van der Waals surface area contributed by atoms with Crippen molar-refractivity contribution in [2.24, 2.45) is 5.92 Å². The Bertz CT molecular complexity index is 136. The molecule has 0 aromatic heterocycles. The highest BCUT2D eigenvalue weighted by molar-refractivity contribution is 4.85. The maximum absolute atomic E-state index is 3.46. The third kappa shape index (κ3) is 1.57. The van der Waals surface area contributed by atoms with Crippen LogP contribution in [0.1, 0.15) is 19.8 Å². The largest absolute Gasteiger partial charge is 0.314 e. The van der Waals surface area contributed by atoms with Crippen LogP contribution < -0.4 is 5.32 Å². The SMILES string of the molecule is CC1CCN2CCNCC2C1. The fraction of sp³-hybridized carbons (Fsp3) is 1.00. The van der Waals surface area contributed by atoms with Crippen LogP contribution in [-0.4, -0.2) is 37.1 Å². The first kappa shape index (κ1) is 7.56. The highest BCUT2D eigenvalue weighted by atomic mass is 15.2. The molecule has 2 heteroatoms. The van der Waals surface area contributed by atoms with Crippen molar-refractivity contribution in [3.8, 4) is 0 Å². The minimum atomic E-state index is 0.854. The Kier molecular flexibility index (Phi) is 2.14. The minimum absolute atomic E-state index is 0.854. The topological polar surface area (TPSA) is 15.3 Å². The summed E-state index contributed by atoms with van der Waals surface area (Å²) in [5.41, 5.74) is 0. The van der Waals surface area contributed by atoms with Crippen LogP contribution in [0, 0.1) is 5.92 Å². The predicted octanol–water partition coefficient (Wildman–Crippen LogP) is 0.690. The minimum Gasteiger partial charge on any atom is -0.314 e. The third-order valence-corrected chi connectivity index (χ3v) is 3.06. The number of hydrogen-bond acceptors (Lipinski definition) is 2. The number of nitrogens with zero attached hydrogens (tertiary/aromatic N) is 1. The van der Waals surface area contributed by atoms with Gasteiger partial charge in [-0.2, -0.15) is 0 Å². The van der Waals surface area contributed by atoms with Gasteiger partial charge < -0.3 is 5.32 Å². The Balaban J connectivity index is 1.93. The van der Waals surface area contributed by atoms with E-state index >= 15 is 0 Å². The molecule has 11 heavy (non-hydrogen) atoms. The molecule has 2 rings (SSSR count). The van der Waals surface area contributed by atoms with Crippen LogP contribution in [0.25, 0.3) is 0 Å². The predicted molar refractivity (Wildman–Crippen MR) is 46.6 cm³/mol. The smallest absolute Gasteiger partial charge is 0.0223 e. The van der Waals surface area contributed by atoms with Crippen molar-refractivity contribution < 1.29 is 0 Å². The molecule has 64 valence electrons. The molecule has 0 bridgehead atoms. The standard InChI is InChI=1S/C9H18N2/c1-8-2-4-11-5-3-10-7-9(11)6-8/h8-10H,2-7H2,1H3. The Morgan fingerprint density at radius 3 is 3.18 bits per heavy atom. The first-order valence-electron chi connectivity index (χ1n) is 4.81. The highest BCUT2D eigenvalue weighted by Gasteiger charge is 2.27. The van der Waals surface area contributed by atoms with E-state index in [0.717, 1.165) is 12.0 Å². The maximum Gasteiger partial charge on any atom is 0.0223 e. The molecule has 2 saturated heterocycles. The summed E-state index contributed by atoms with van der Waals surface area (Å²) in [5, 5.41) is 3.46. The van der Waals surface area contributed by atoms with Gasteiger partial charge in [0.15, 0.2) is 0 Å². The van der Waals surface area contributed by atoms with Gasteiger partial charge in [-0.25, -0.2) is 0 Å². The van der Waals surface area contributed by atoms with E-state index in [1.54, 1.807) is 0 Å². The summed E-state index contributed by atoms with van der Waals surface area (Å²) in [6.45, 7) is 7.42. The summed E-state index contributed by atoms with van der Waals surface area (Å²) in [6, 6.07) is 0.854. The Morgan fingerprint density at radius 2 is 2.27 bits per heavy atom. The Labute approximate surface area is 69.0 Å². The van der Waals surface area contributed by atoms with Gasteiger partial charge in [0.25, 0.3) is 0 Å². The van der Waals surface area contributed by atoms with E-state index in [2.05, 4.69) is 17.1 Å². The molecule has 2 aliphatic heterocycles. The van der Waals surface area contributed by atoms with Gasteiger partial charge in [0, 0.05) is 25.7 Å². The van der Waals surface area contributed by atoms with E-state index < -0.39 is 0 Å². The quantitative estimate of drug-likeness (QED) is 0.552. The average Bonchev–Trinajstić information content (AvgIpc) is 2.04. The van der Waals surface area contributed by atoms with Crippen molar-refractivity contribution >= 4 is 0 Å². The maximum atomic E-state index is 3.46. The number of hydrogen-bond donors (Lipinski definition) is 1. The van der Waals surface area contributed by atoms with Crippen LogP contribution in [0.15, 0.2) is 0 Å². The monoisotopic (exact) mass is 154 g/mol. The zero-order valence-electron chi connectivity index (χ0n) is 7.34. The number of nitrogens with one attached hydrogen (secondary N) is 1. The molecule has 0 spiro atoms. The lowest BCUT2D eigenvalue weighted by Gasteiger charge is -2.41. The first-order valence-corrected chi connectivity index (χ1v) is 4.81. The van der Waals surface area contributed by atoms with Crippen molar-refractivity contribution in [3.63, 3.8) is 0 Å². The summed E-state index contributed by atoms with van der Waals surface area (Å²) >= 11 is 0. The van der Waals surface area contributed by atoms with Crippen molar-refractivity contribution in [1.29, 1.82) is 0 Å². The molecule has 0 amide bonds. The van der Waals surface area contributed by atoms with E-state index in [-0.39, 0.29) is 0 Å². The lowest BCUT2D eigenvalue weighted by atomic mass is 9.91. The number of piperazine rings is 1. The fourth-order valence-corrected chi connectivity index (χ4v) is 2.30. The number of fused-ring (bicyclic) bond motifs is 1. The van der Waals surface area contributed by atoms with Gasteiger partial charge in [0.05, 0.1) is 0 Å². The molecule has 2 atom stereocenters. The molecule has 0 saturated carbocycles. The van der Waals surface area contributed by atoms with Gasteiger partial charge in [-0.15, -0.1) is 0 Å². The van der Waals surface area contributed by atoms with Gasteiger partial charge in [0.2, 0.25) is 0 Å². The first-order chi connectivity index (χ1) is 5.36. The highest BCUT2D eigenvalue weighted by Crippen LogP contribution is 2.22. The van der Waals surface area contributed by atoms with Crippen LogP contribution in [0.2, 0.25) is 0 Å². The van der Waals surface area contributed by atoms with E-state index in [9.17, 15) is 0 Å². The molecule has 0 aromatic rings. The normalized spacial score (nSPS) is 40.1. The van der Waals surface area contributed by atoms with Gasteiger partial charge in [0.1, 0.15) is 0 Å². The lowest BCUT2D eigenvalue weighted by molar-refractivity contribution is 0.0946.